The average molecular weight is 319 g/mol. The Morgan fingerprint density at radius 2 is 2.09 bits per heavy atom. The molecular weight excluding hydrogens is 290 g/mol. The summed E-state index contributed by atoms with van der Waals surface area (Å²) in [4.78, 5) is 18.1. The summed E-state index contributed by atoms with van der Waals surface area (Å²) in [5.41, 5.74) is 0.992. The molecule has 5 heteroatoms. The lowest BCUT2D eigenvalue weighted by atomic mass is 9.80. The summed E-state index contributed by atoms with van der Waals surface area (Å²) in [5, 5.41) is 3.52. The number of nitrogens with zero attached hydrogens (tertiary/aromatic N) is 2. The smallest absolute Gasteiger partial charge is 0.410 e. The van der Waals surface area contributed by atoms with Crippen LogP contribution in [0, 0.1) is 5.41 Å². The Labute approximate surface area is 139 Å². The third-order valence-corrected chi connectivity index (χ3v) is 4.23. The molecule has 0 atom stereocenters. The third-order valence-electron chi connectivity index (χ3n) is 4.23. The van der Waals surface area contributed by atoms with E-state index < -0.39 is 5.60 Å². The summed E-state index contributed by atoms with van der Waals surface area (Å²) < 4.78 is 5.45. The van der Waals surface area contributed by atoms with Crippen molar-refractivity contribution in [2.45, 2.75) is 52.7 Å². The maximum absolute atomic E-state index is 12.1. The average Bonchev–Trinajstić information content (AvgIpc) is 2.47. The number of ether oxygens (including phenoxy) is 1. The molecule has 0 radical (unpaired) electrons. The third kappa shape index (κ3) is 5.82. The SMILES string of the molecule is CC1(CNCc2cccnc2)CCN(C(=O)OC(C)(C)C)CC1. The van der Waals surface area contributed by atoms with Gasteiger partial charge in [0.15, 0.2) is 0 Å². The van der Waals surface area contributed by atoms with E-state index in [0.29, 0.717) is 0 Å². The van der Waals surface area contributed by atoms with Gasteiger partial charge in [-0.2, -0.15) is 0 Å². The van der Waals surface area contributed by atoms with Gasteiger partial charge in [0.2, 0.25) is 0 Å². The second-order valence-corrected chi connectivity index (χ2v) is 7.74. The zero-order chi connectivity index (χ0) is 16.9. The van der Waals surface area contributed by atoms with Gasteiger partial charge >= 0.3 is 6.09 Å². The first kappa shape index (κ1) is 17.7. The van der Waals surface area contributed by atoms with Crippen molar-refractivity contribution < 1.29 is 9.53 Å². The van der Waals surface area contributed by atoms with Crippen LogP contribution in [0.4, 0.5) is 4.79 Å². The van der Waals surface area contributed by atoms with E-state index in [4.69, 9.17) is 4.74 Å². The van der Waals surface area contributed by atoms with Crippen molar-refractivity contribution in [1.29, 1.82) is 0 Å². The van der Waals surface area contributed by atoms with Crippen LogP contribution in [0.3, 0.4) is 0 Å². The Kier molecular flexibility index (Phi) is 5.63. The Bertz CT molecular complexity index is 503. The van der Waals surface area contributed by atoms with Gasteiger partial charge in [-0.05, 0) is 50.7 Å². The van der Waals surface area contributed by atoms with E-state index in [9.17, 15) is 4.79 Å². The monoisotopic (exact) mass is 319 g/mol. The van der Waals surface area contributed by atoms with E-state index in [-0.39, 0.29) is 11.5 Å². The lowest BCUT2D eigenvalue weighted by Crippen LogP contribution is -2.47. The van der Waals surface area contributed by atoms with Crippen LogP contribution in [0.5, 0.6) is 0 Å². The number of hydrogen-bond donors (Lipinski definition) is 1. The largest absolute Gasteiger partial charge is 0.444 e. The van der Waals surface area contributed by atoms with Gasteiger partial charge in [-0.1, -0.05) is 13.0 Å². The van der Waals surface area contributed by atoms with E-state index >= 15 is 0 Å². The molecule has 1 saturated heterocycles. The van der Waals surface area contributed by atoms with Crippen molar-refractivity contribution in [2.24, 2.45) is 5.41 Å². The van der Waals surface area contributed by atoms with Crippen molar-refractivity contribution >= 4 is 6.09 Å². The number of amides is 1. The molecule has 128 valence electrons. The molecule has 0 bridgehead atoms. The van der Waals surface area contributed by atoms with Gasteiger partial charge in [-0.25, -0.2) is 4.79 Å². The van der Waals surface area contributed by atoms with Crippen LogP contribution in [0.1, 0.15) is 46.1 Å². The van der Waals surface area contributed by atoms with Crippen molar-refractivity contribution in [1.82, 2.24) is 15.2 Å². The minimum Gasteiger partial charge on any atom is -0.444 e. The molecule has 0 spiro atoms. The number of carbonyl (C=O) groups excluding carboxylic acids is 1. The highest BCUT2D eigenvalue weighted by molar-refractivity contribution is 5.68. The number of pyridine rings is 1. The summed E-state index contributed by atoms with van der Waals surface area (Å²) in [6.45, 7) is 11.3. The van der Waals surface area contributed by atoms with Crippen molar-refractivity contribution in [3.8, 4) is 0 Å². The fourth-order valence-corrected chi connectivity index (χ4v) is 2.74. The summed E-state index contributed by atoms with van der Waals surface area (Å²) in [7, 11) is 0. The molecular formula is C18H29N3O2. The van der Waals surface area contributed by atoms with Crippen LogP contribution in [-0.2, 0) is 11.3 Å². The second kappa shape index (κ2) is 7.30. The van der Waals surface area contributed by atoms with Crippen LogP contribution in [0.15, 0.2) is 24.5 Å². The molecule has 0 unspecified atom stereocenters. The van der Waals surface area contributed by atoms with Crippen molar-refractivity contribution in [3.05, 3.63) is 30.1 Å². The highest BCUT2D eigenvalue weighted by atomic mass is 16.6. The molecule has 1 aromatic rings. The number of rotatable bonds is 4. The first-order valence-corrected chi connectivity index (χ1v) is 8.35. The maximum Gasteiger partial charge on any atom is 0.410 e. The molecule has 1 N–H and O–H groups in total. The fraction of sp³-hybridized carbons (Fsp3) is 0.667. The number of piperidine rings is 1. The normalized spacial score (nSPS) is 17.8. The molecule has 2 heterocycles. The Morgan fingerprint density at radius 1 is 1.39 bits per heavy atom. The molecule has 0 aliphatic carbocycles. The fourth-order valence-electron chi connectivity index (χ4n) is 2.74. The number of nitrogens with one attached hydrogen (secondary N) is 1. The molecule has 1 amide bonds. The molecule has 5 nitrogen and oxygen atoms in total. The van der Waals surface area contributed by atoms with E-state index in [1.165, 1.54) is 5.56 Å². The van der Waals surface area contributed by atoms with Gasteiger partial charge in [0.05, 0.1) is 0 Å². The van der Waals surface area contributed by atoms with Gasteiger partial charge in [0.25, 0.3) is 0 Å². The quantitative estimate of drug-likeness (QED) is 0.926. The zero-order valence-corrected chi connectivity index (χ0v) is 14.8. The molecule has 1 aliphatic rings. The topological polar surface area (TPSA) is 54.5 Å². The minimum absolute atomic E-state index is 0.192. The Balaban J connectivity index is 1.75. The standard InChI is InChI=1S/C18H29N3O2/c1-17(2,3)23-16(22)21-10-7-18(4,8-11-21)14-20-13-15-6-5-9-19-12-15/h5-6,9,12,20H,7-8,10-11,13-14H2,1-4H3. The lowest BCUT2D eigenvalue weighted by Gasteiger charge is -2.40. The van der Waals surface area contributed by atoms with E-state index in [1.54, 1.807) is 6.20 Å². The van der Waals surface area contributed by atoms with Gasteiger partial charge in [-0.3, -0.25) is 4.98 Å². The molecule has 1 aromatic heterocycles. The zero-order valence-electron chi connectivity index (χ0n) is 14.8. The molecule has 1 aliphatic heterocycles. The Hall–Kier alpha value is -1.62. The minimum atomic E-state index is -0.427. The first-order chi connectivity index (χ1) is 10.8. The predicted molar refractivity (Wildman–Crippen MR) is 91.1 cm³/mol. The van der Waals surface area contributed by atoms with Crippen LogP contribution >= 0.6 is 0 Å². The summed E-state index contributed by atoms with van der Waals surface area (Å²) in [6.07, 6.45) is 5.47. The van der Waals surface area contributed by atoms with Gasteiger partial charge in [-0.15, -0.1) is 0 Å². The molecule has 1 fully saturated rings. The number of hydrogen-bond acceptors (Lipinski definition) is 4. The molecule has 23 heavy (non-hydrogen) atoms. The number of carbonyl (C=O) groups is 1. The lowest BCUT2D eigenvalue weighted by molar-refractivity contribution is 0.0119. The van der Waals surface area contributed by atoms with Gasteiger partial charge in [0, 0.05) is 38.6 Å². The highest BCUT2D eigenvalue weighted by Crippen LogP contribution is 2.30. The summed E-state index contributed by atoms with van der Waals surface area (Å²) in [6, 6.07) is 4.03. The highest BCUT2D eigenvalue weighted by Gasteiger charge is 2.33. The Morgan fingerprint density at radius 3 is 2.65 bits per heavy atom. The molecule has 0 saturated carbocycles. The van der Waals surface area contributed by atoms with Crippen LogP contribution in [0.25, 0.3) is 0 Å². The van der Waals surface area contributed by atoms with Crippen molar-refractivity contribution in [2.75, 3.05) is 19.6 Å². The van der Waals surface area contributed by atoms with E-state index in [1.807, 2.05) is 37.9 Å². The first-order valence-electron chi connectivity index (χ1n) is 8.35. The van der Waals surface area contributed by atoms with Gasteiger partial charge < -0.3 is 15.0 Å². The van der Waals surface area contributed by atoms with E-state index in [0.717, 1.165) is 39.0 Å². The summed E-state index contributed by atoms with van der Waals surface area (Å²) in [5.74, 6) is 0. The van der Waals surface area contributed by atoms with Crippen LogP contribution < -0.4 is 5.32 Å². The number of likely N-dealkylation sites (tertiary alicyclic amines) is 1. The van der Waals surface area contributed by atoms with Crippen molar-refractivity contribution in [3.63, 3.8) is 0 Å². The second-order valence-electron chi connectivity index (χ2n) is 7.74. The summed E-state index contributed by atoms with van der Waals surface area (Å²) >= 11 is 0. The van der Waals surface area contributed by atoms with Crippen LogP contribution in [-0.4, -0.2) is 41.2 Å². The predicted octanol–water partition coefficient (Wildman–Crippen LogP) is 3.21. The number of aromatic nitrogens is 1. The van der Waals surface area contributed by atoms with E-state index in [2.05, 4.69) is 23.3 Å². The molecule has 2 rings (SSSR count). The maximum atomic E-state index is 12.1. The van der Waals surface area contributed by atoms with Crippen LogP contribution in [0.2, 0.25) is 0 Å². The van der Waals surface area contributed by atoms with Gasteiger partial charge in [0.1, 0.15) is 5.60 Å². The molecule has 0 aromatic carbocycles.